The quantitative estimate of drug-likeness (QED) is 0.567. The standard InChI is InChI=1S/C10H19N7/c1-17-15-9(14-16-17)7-12-10(11)13-8-5-3-2-4-6-8/h8H,2-7H2,1H3,(H3,11,12,13). The number of aliphatic imine (C=N–C) groups is 1. The summed E-state index contributed by atoms with van der Waals surface area (Å²) in [5.74, 6) is 1.06. The molecule has 2 rings (SSSR count). The second-order valence-corrected chi connectivity index (χ2v) is 4.38. The van der Waals surface area contributed by atoms with Crippen molar-refractivity contribution in [1.29, 1.82) is 0 Å². The van der Waals surface area contributed by atoms with Gasteiger partial charge in [-0.05, 0) is 18.1 Å². The van der Waals surface area contributed by atoms with E-state index in [-0.39, 0.29) is 0 Å². The average Bonchev–Trinajstić information content (AvgIpc) is 2.74. The van der Waals surface area contributed by atoms with Gasteiger partial charge in [0.15, 0.2) is 11.8 Å². The number of nitrogens with one attached hydrogen (secondary N) is 1. The molecular weight excluding hydrogens is 218 g/mol. The maximum absolute atomic E-state index is 5.82. The lowest BCUT2D eigenvalue weighted by molar-refractivity contribution is 0.412. The van der Waals surface area contributed by atoms with Gasteiger partial charge in [0, 0.05) is 6.04 Å². The van der Waals surface area contributed by atoms with Crippen molar-refractivity contribution in [3.05, 3.63) is 5.82 Å². The zero-order chi connectivity index (χ0) is 12.1. The maximum Gasteiger partial charge on any atom is 0.196 e. The number of hydrogen-bond donors (Lipinski definition) is 2. The van der Waals surface area contributed by atoms with Crippen molar-refractivity contribution in [2.24, 2.45) is 17.8 Å². The molecule has 1 aromatic rings. The second kappa shape index (κ2) is 5.60. The summed E-state index contributed by atoms with van der Waals surface area (Å²) in [5.41, 5.74) is 5.82. The SMILES string of the molecule is Cn1nnc(CN=C(N)NC2CCCCC2)n1. The number of aryl methyl sites for hydroxylation is 1. The molecule has 1 aromatic heterocycles. The minimum absolute atomic E-state index is 0.374. The molecule has 1 saturated carbocycles. The first kappa shape index (κ1) is 11.8. The van der Waals surface area contributed by atoms with E-state index in [1.54, 1.807) is 7.05 Å². The first-order valence-corrected chi connectivity index (χ1v) is 6.03. The van der Waals surface area contributed by atoms with Crippen molar-refractivity contribution in [3.8, 4) is 0 Å². The Kier molecular flexibility index (Phi) is 3.89. The van der Waals surface area contributed by atoms with Crippen molar-refractivity contribution >= 4 is 5.96 Å². The molecule has 7 heteroatoms. The van der Waals surface area contributed by atoms with Gasteiger partial charge in [0.25, 0.3) is 0 Å². The lowest BCUT2D eigenvalue weighted by atomic mass is 9.96. The summed E-state index contributed by atoms with van der Waals surface area (Å²) in [4.78, 5) is 5.62. The zero-order valence-corrected chi connectivity index (χ0v) is 10.1. The molecule has 0 unspecified atom stereocenters. The summed E-state index contributed by atoms with van der Waals surface area (Å²) in [7, 11) is 1.73. The number of guanidine groups is 1. The van der Waals surface area contributed by atoms with E-state index in [9.17, 15) is 0 Å². The maximum atomic E-state index is 5.82. The topological polar surface area (TPSA) is 94.0 Å². The van der Waals surface area contributed by atoms with Crippen LogP contribution >= 0.6 is 0 Å². The summed E-state index contributed by atoms with van der Waals surface area (Å²) >= 11 is 0. The molecule has 3 N–H and O–H groups in total. The first-order chi connectivity index (χ1) is 8.24. The van der Waals surface area contributed by atoms with Gasteiger partial charge in [-0.25, -0.2) is 4.99 Å². The normalized spacial score (nSPS) is 18.3. The van der Waals surface area contributed by atoms with Gasteiger partial charge in [-0.1, -0.05) is 19.3 Å². The molecule has 0 amide bonds. The van der Waals surface area contributed by atoms with Crippen molar-refractivity contribution in [2.45, 2.75) is 44.7 Å². The molecule has 17 heavy (non-hydrogen) atoms. The van der Waals surface area contributed by atoms with Crippen molar-refractivity contribution < 1.29 is 0 Å². The fraction of sp³-hybridized carbons (Fsp3) is 0.800. The smallest absolute Gasteiger partial charge is 0.196 e. The highest BCUT2D eigenvalue weighted by atomic mass is 15.6. The van der Waals surface area contributed by atoms with E-state index in [2.05, 4.69) is 25.7 Å². The highest BCUT2D eigenvalue weighted by Crippen LogP contribution is 2.16. The Morgan fingerprint density at radius 3 is 2.88 bits per heavy atom. The van der Waals surface area contributed by atoms with Gasteiger partial charge in [-0.3, -0.25) is 0 Å². The van der Waals surface area contributed by atoms with Crippen LogP contribution in [0.4, 0.5) is 0 Å². The van der Waals surface area contributed by atoms with Gasteiger partial charge < -0.3 is 11.1 Å². The highest BCUT2D eigenvalue weighted by molar-refractivity contribution is 5.78. The summed E-state index contributed by atoms with van der Waals surface area (Å²) in [5, 5.41) is 14.9. The van der Waals surface area contributed by atoms with Crippen molar-refractivity contribution in [3.63, 3.8) is 0 Å². The van der Waals surface area contributed by atoms with Crippen molar-refractivity contribution in [1.82, 2.24) is 25.5 Å². The number of hydrogen-bond acceptors (Lipinski definition) is 4. The van der Waals surface area contributed by atoms with Gasteiger partial charge in [-0.15, -0.1) is 10.2 Å². The minimum Gasteiger partial charge on any atom is -0.370 e. The van der Waals surface area contributed by atoms with E-state index < -0.39 is 0 Å². The molecule has 0 radical (unpaired) electrons. The summed E-state index contributed by atoms with van der Waals surface area (Å²) in [6.07, 6.45) is 6.24. The molecule has 1 aliphatic carbocycles. The van der Waals surface area contributed by atoms with Crippen LogP contribution in [0.15, 0.2) is 4.99 Å². The summed E-state index contributed by atoms with van der Waals surface area (Å²) < 4.78 is 0. The van der Waals surface area contributed by atoms with Crippen molar-refractivity contribution in [2.75, 3.05) is 0 Å². The Morgan fingerprint density at radius 1 is 1.47 bits per heavy atom. The lowest BCUT2D eigenvalue weighted by Gasteiger charge is -2.23. The predicted octanol–water partition coefficient (Wildman–Crippen LogP) is -0.0529. The number of aromatic nitrogens is 4. The van der Waals surface area contributed by atoms with Crippen LogP contribution in [0.1, 0.15) is 37.9 Å². The Morgan fingerprint density at radius 2 is 2.24 bits per heavy atom. The Labute approximate surface area is 100 Å². The van der Waals surface area contributed by atoms with Crippen LogP contribution in [0.3, 0.4) is 0 Å². The predicted molar refractivity (Wildman–Crippen MR) is 64.1 cm³/mol. The van der Waals surface area contributed by atoms with Gasteiger partial charge in [0.05, 0.1) is 7.05 Å². The van der Waals surface area contributed by atoms with E-state index >= 15 is 0 Å². The molecule has 0 bridgehead atoms. The zero-order valence-electron chi connectivity index (χ0n) is 10.1. The third-order valence-electron chi connectivity index (χ3n) is 2.90. The molecule has 0 spiro atoms. The number of rotatable bonds is 3. The highest BCUT2D eigenvalue weighted by Gasteiger charge is 2.13. The minimum atomic E-state index is 0.374. The third kappa shape index (κ3) is 3.69. The third-order valence-corrected chi connectivity index (χ3v) is 2.90. The lowest BCUT2D eigenvalue weighted by Crippen LogP contribution is -2.41. The largest absolute Gasteiger partial charge is 0.370 e. The van der Waals surface area contributed by atoms with Gasteiger partial charge in [0.2, 0.25) is 0 Å². The number of tetrazole rings is 1. The van der Waals surface area contributed by atoms with Gasteiger partial charge in [0.1, 0.15) is 6.54 Å². The van der Waals surface area contributed by atoms with Crippen LogP contribution in [0, 0.1) is 0 Å². The van der Waals surface area contributed by atoms with Crippen LogP contribution in [-0.2, 0) is 13.6 Å². The first-order valence-electron chi connectivity index (χ1n) is 6.03. The van der Waals surface area contributed by atoms with Crippen LogP contribution < -0.4 is 11.1 Å². The molecule has 0 aromatic carbocycles. The van der Waals surface area contributed by atoms with Crippen LogP contribution in [0.25, 0.3) is 0 Å². The van der Waals surface area contributed by atoms with Gasteiger partial charge >= 0.3 is 0 Å². The Hall–Kier alpha value is -1.66. The van der Waals surface area contributed by atoms with Crippen LogP contribution in [0.5, 0.6) is 0 Å². The van der Waals surface area contributed by atoms with E-state index in [4.69, 9.17) is 5.73 Å². The molecular formula is C10H19N7. The molecule has 1 heterocycles. The molecule has 94 valence electrons. The fourth-order valence-corrected chi connectivity index (χ4v) is 2.04. The van der Waals surface area contributed by atoms with Gasteiger partial charge in [-0.2, -0.15) is 4.80 Å². The monoisotopic (exact) mass is 237 g/mol. The molecule has 0 saturated heterocycles. The van der Waals surface area contributed by atoms with Crippen LogP contribution in [0.2, 0.25) is 0 Å². The molecule has 7 nitrogen and oxygen atoms in total. The molecule has 0 atom stereocenters. The van der Waals surface area contributed by atoms with E-state index in [1.807, 2.05) is 0 Å². The van der Waals surface area contributed by atoms with E-state index in [0.717, 1.165) is 0 Å². The van der Waals surface area contributed by atoms with E-state index in [1.165, 1.54) is 36.9 Å². The molecule has 1 aliphatic rings. The summed E-state index contributed by atoms with van der Waals surface area (Å²) in [6, 6.07) is 0.474. The number of nitrogens with two attached hydrogens (primary N) is 1. The average molecular weight is 237 g/mol. The number of nitrogens with zero attached hydrogens (tertiary/aromatic N) is 5. The Balaban J connectivity index is 1.80. The second-order valence-electron chi connectivity index (χ2n) is 4.38. The van der Waals surface area contributed by atoms with Crippen LogP contribution in [-0.4, -0.2) is 32.2 Å². The molecule has 1 fully saturated rings. The summed E-state index contributed by atoms with van der Waals surface area (Å²) in [6.45, 7) is 0.374. The molecule has 0 aliphatic heterocycles. The van der Waals surface area contributed by atoms with E-state index in [0.29, 0.717) is 24.4 Å². The Bertz CT molecular complexity index is 378. The fourth-order valence-electron chi connectivity index (χ4n) is 2.04.